The van der Waals surface area contributed by atoms with Crippen molar-refractivity contribution >= 4 is 5.82 Å². The summed E-state index contributed by atoms with van der Waals surface area (Å²) >= 11 is 0. The van der Waals surface area contributed by atoms with E-state index in [9.17, 15) is 0 Å². The lowest BCUT2D eigenvalue weighted by atomic mass is 9.86. The molecule has 0 bridgehead atoms. The van der Waals surface area contributed by atoms with Gasteiger partial charge in [-0.2, -0.15) is 5.10 Å². The molecular weight excluding hydrogens is 212 g/mol. The van der Waals surface area contributed by atoms with Gasteiger partial charge in [0.2, 0.25) is 0 Å². The molecule has 92 valence electrons. The van der Waals surface area contributed by atoms with Crippen molar-refractivity contribution in [3.63, 3.8) is 0 Å². The van der Waals surface area contributed by atoms with E-state index in [1.807, 2.05) is 6.07 Å². The summed E-state index contributed by atoms with van der Waals surface area (Å²) in [5.74, 6) is 1.01. The van der Waals surface area contributed by atoms with Gasteiger partial charge in [0.25, 0.3) is 0 Å². The summed E-state index contributed by atoms with van der Waals surface area (Å²) in [6, 6.07) is 1.99. The van der Waals surface area contributed by atoms with Gasteiger partial charge in [-0.15, -0.1) is 5.10 Å². The molecule has 1 spiro atoms. The molecule has 1 aromatic heterocycles. The van der Waals surface area contributed by atoms with Crippen LogP contribution in [-0.2, 0) is 6.54 Å². The van der Waals surface area contributed by atoms with Crippen molar-refractivity contribution in [1.82, 2.24) is 10.2 Å². The number of nitrogens with zero attached hydrogens (tertiary/aromatic N) is 3. The molecule has 3 rings (SSSR count). The van der Waals surface area contributed by atoms with Gasteiger partial charge in [0.1, 0.15) is 0 Å². The molecule has 0 unspecified atom stereocenters. The summed E-state index contributed by atoms with van der Waals surface area (Å²) in [6.45, 7) is 2.82. The summed E-state index contributed by atoms with van der Waals surface area (Å²) in [7, 11) is 0. The first-order valence-electron chi connectivity index (χ1n) is 6.59. The Labute approximate surface area is 102 Å². The number of rotatable bonds is 2. The van der Waals surface area contributed by atoms with Crippen molar-refractivity contribution in [2.75, 3.05) is 18.0 Å². The van der Waals surface area contributed by atoms with E-state index in [2.05, 4.69) is 15.1 Å². The van der Waals surface area contributed by atoms with Crippen molar-refractivity contribution in [3.8, 4) is 0 Å². The quantitative estimate of drug-likeness (QED) is 0.843. The molecule has 1 aliphatic heterocycles. The minimum absolute atomic E-state index is 0.550. The maximum Gasteiger partial charge on any atom is 0.155 e. The van der Waals surface area contributed by atoms with Gasteiger partial charge in [0, 0.05) is 25.2 Å². The Hall–Kier alpha value is -1.16. The van der Waals surface area contributed by atoms with Crippen LogP contribution in [0, 0.1) is 5.41 Å². The monoisotopic (exact) mass is 232 g/mol. The van der Waals surface area contributed by atoms with Crippen LogP contribution < -0.4 is 10.6 Å². The summed E-state index contributed by atoms with van der Waals surface area (Å²) < 4.78 is 0. The van der Waals surface area contributed by atoms with Crippen molar-refractivity contribution in [3.05, 3.63) is 17.8 Å². The summed E-state index contributed by atoms with van der Waals surface area (Å²) in [4.78, 5) is 2.39. The Morgan fingerprint density at radius 3 is 2.88 bits per heavy atom. The van der Waals surface area contributed by atoms with Crippen LogP contribution in [0.15, 0.2) is 12.3 Å². The second-order valence-corrected chi connectivity index (χ2v) is 5.46. The van der Waals surface area contributed by atoms with Crippen molar-refractivity contribution in [1.29, 1.82) is 0 Å². The zero-order valence-electron chi connectivity index (χ0n) is 10.2. The Morgan fingerprint density at radius 1 is 1.29 bits per heavy atom. The molecule has 4 heteroatoms. The van der Waals surface area contributed by atoms with Gasteiger partial charge in [-0.1, -0.05) is 12.8 Å². The molecule has 1 saturated carbocycles. The van der Waals surface area contributed by atoms with E-state index in [1.54, 1.807) is 6.20 Å². The zero-order chi connectivity index (χ0) is 11.7. The van der Waals surface area contributed by atoms with Gasteiger partial charge in [0.15, 0.2) is 5.82 Å². The molecule has 0 atom stereocenters. The zero-order valence-corrected chi connectivity index (χ0v) is 10.2. The molecule has 2 fully saturated rings. The Morgan fingerprint density at radius 2 is 2.12 bits per heavy atom. The number of nitrogens with two attached hydrogens (primary N) is 1. The highest BCUT2D eigenvalue weighted by Gasteiger charge is 2.40. The third kappa shape index (κ3) is 1.90. The smallest absolute Gasteiger partial charge is 0.155 e. The van der Waals surface area contributed by atoms with Gasteiger partial charge in [-0.25, -0.2) is 0 Å². The van der Waals surface area contributed by atoms with Crippen LogP contribution in [0.3, 0.4) is 0 Å². The normalized spacial score (nSPS) is 22.5. The lowest BCUT2D eigenvalue weighted by molar-refractivity contribution is 0.340. The number of hydrogen-bond acceptors (Lipinski definition) is 4. The Kier molecular flexibility index (Phi) is 2.74. The van der Waals surface area contributed by atoms with E-state index in [0.29, 0.717) is 12.0 Å². The molecule has 17 heavy (non-hydrogen) atoms. The molecule has 0 aromatic carbocycles. The Balaban J connectivity index is 1.82. The number of hydrogen-bond donors (Lipinski definition) is 1. The van der Waals surface area contributed by atoms with E-state index in [0.717, 1.165) is 24.5 Å². The van der Waals surface area contributed by atoms with Gasteiger partial charge >= 0.3 is 0 Å². The second kappa shape index (κ2) is 4.26. The SMILES string of the molecule is NCc1ccnnc1N1CCC2(CCCC2)C1. The Bertz CT molecular complexity index is 398. The van der Waals surface area contributed by atoms with Crippen molar-refractivity contribution < 1.29 is 0 Å². The minimum Gasteiger partial charge on any atom is -0.354 e. The molecule has 1 aromatic rings. The molecule has 2 N–H and O–H groups in total. The third-order valence-electron chi connectivity index (χ3n) is 4.40. The van der Waals surface area contributed by atoms with Crippen LogP contribution in [0.2, 0.25) is 0 Å². The van der Waals surface area contributed by atoms with E-state index >= 15 is 0 Å². The maximum atomic E-state index is 5.77. The fraction of sp³-hybridized carbons (Fsp3) is 0.692. The molecule has 1 aliphatic carbocycles. The molecule has 4 nitrogen and oxygen atoms in total. The molecule has 0 radical (unpaired) electrons. The van der Waals surface area contributed by atoms with Crippen LogP contribution in [0.4, 0.5) is 5.82 Å². The van der Waals surface area contributed by atoms with Crippen LogP contribution >= 0.6 is 0 Å². The van der Waals surface area contributed by atoms with E-state index in [4.69, 9.17) is 5.73 Å². The topological polar surface area (TPSA) is 55.0 Å². The predicted molar refractivity (Wildman–Crippen MR) is 67.7 cm³/mol. The van der Waals surface area contributed by atoms with Crippen LogP contribution in [0.5, 0.6) is 0 Å². The first kappa shape index (κ1) is 11.0. The lowest BCUT2D eigenvalue weighted by Crippen LogP contribution is -2.27. The summed E-state index contributed by atoms with van der Waals surface area (Å²) in [5.41, 5.74) is 7.46. The average Bonchev–Trinajstić information content (AvgIpc) is 3.00. The highest BCUT2D eigenvalue weighted by atomic mass is 15.3. The first-order chi connectivity index (χ1) is 8.33. The first-order valence-corrected chi connectivity index (χ1v) is 6.59. The van der Waals surface area contributed by atoms with Crippen molar-refractivity contribution in [2.24, 2.45) is 11.1 Å². The van der Waals surface area contributed by atoms with Gasteiger partial charge < -0.3 is 10.6 Å². The largest absolute Gasteiger partial charge is 0.354 e. The van der Waals surface area contributed by atoms with E-state index < -0.39 is 0 Å². The second-order valence-electron chi connectivity index (χ2n) is 5.46. The molecule has 2 aliphatic rings. The maximum absolute atomic E-state index is 5.77. The highest BCUT2D eigenvalue weighted by molar-refractivity contribution is 5.47. The highest BCUT2D eigenvalue weighted by Crippen LogP contribution is 2.46. The minimum atomic E-state index is 0.550. The number of anilines is 1. The van der Waals surface area contributed by atoms with Gasteiger partial charge in [0.05, 0.1) is 6.20 Å². The van der Waals surface area contributed by atoms with Gasteiger partial charge in [-0.05, 0) is 30.7 Å². The van der Waals surface area contributed by atoms with E-state index in [-0.39, 0.29) is 0 Å². The summed E-state index contributed by atoms with van der Waals surface area (Å²) in [5, 5.41) is 8.29. The van der Waals surface area contributed by atoms with Crippen LogP contribution in [0.1, 0.15) is 37.7 Å². The van der Waals surface area contributed by atoms with E-state index in [1.165, 1.54) is 32.1 Å². The predicted octanol–water partition coefficient (Wildman–Crippen LogP) is 1.71. The molecule has 1 saturated heterocycles. The molecule has 0 amide bonds. The third-order valence-corrected chi connectivity index (χ3v) is 4.40. The average molecular weight is 232 g/mol. The van der Waals surface area contributed by atoms with Crippen LogP contribution in [-0.4, -0.2) is 23.3 Å². The standard InChI is InChI=1S/C13H20N4/c14-9-11-3-7-15-16-12(11)17-8-6-13(10-17)4-1-2-5-13/h3,7H,1-2,4-6,8-10,14H2. The fourth-order valence-electron chi connectivity index (χ4n) is 3.42. The fourth-order valence-corrected chi connectivity index (χ4v) is 3.42. The number of aromatic nitrogens is 2. The molecular formula is C13H20N4. The lowest BCUT2D eigenvalue weighted by Gasteiger charge is -2.24. The van der Waals surface area contributed by atoms with Crippen LogP contribution in [0.25, 0.3) is 0 Å². The van der Waals surface area contributed by atoms with Crippen molar-refractivity contribution in [2.45, 2.75) is 38.6 Å². The molecule has 2 heterocycles. The van der Waals surface area contributed by atoms with Gasteiger partial charge in [-0.3, -0.25) is 0 Å². The summed E-state index contributed by atoms with van der Waals surface area (Å²) in [6.07, 6.45) is 8.63.